The molecule has 1 N–H and O–H groups in total. The van der Waals surface area contributed by atoms with Gasteiger partial charge in [0.15, 0.2) is 5.82 Å². The maximum Gasteiger partial charge on any atom is 0.504 e. The van der Waals surface area contributed by atoms with Gasteiger partial charge in [-0.05, 0) is 72.8 Å². The van der Waals surface area contributed by atoms with Gasteiger partial charge in [0.05, 0.1) is 11.9 Å². The molecule has 6 nitrogen and oxygen atoms in total. The number of aromatic hydroxyl groups is 1. The van der Waals surface area contributed by atoms with Crippen molar-refractivity contribution in [3.05, 3.63) is 42.7 Å². The van der Waals surface area contributed by atoms with Crippen LogP contribution in [-0.4, -0.2) is 38.2 Å². The number of hydrogen-bond donors (Lipinski definition) is 1. The van der Waals surface area contributed by atoms with Gasteiger partial charge in [-0.3, -0.25) is 0 Å². The molecule has 2 saturated carbocycles. The van der Waals surface area contributed by atoms with Crippen LogP contribution in [0.2, 0.25) is 0 Å². The number of rotatable bonds is 4. The highest BCUT2D eigenvalue weighted by Gasteiger charge is 2.50. The van der Waals surface area contributed by atoms with Crippen LogP contribution in [0.15, 0.2) is 42.7 Å². The van der Waals surface area contributed by atoms with Crippen molar-refractivity contribution >= 4 is 5.82 Å². The normalized spacial score (nSPS) is 26.6. The van der Waals surface area contributed by atoms with Gasteiger partial charge in [0.25, 0.3) is 0 Å². The molecule has 0 unspecified atom stereocenters. The molecule has 5 rings (SSSR count). The standard InChI is InChI=1S/C25H28F3N5O/c1-23-8-9-24(2,15-23)12-18(11-23)32(3)22-7-6-20(30-31-22)19-5-4-16(10-21(19)34)17-13-29-33(14-17)25(26,27)28/h4-7,10,13-14,18,34H,8-9,11-12,15H2,1-3H3/t18-,23-,24+. The highest BCUT2D eigenvalue weighted by atomic mass is 19.4. The fourth-order valence-corrected chi connectivity index (χ4v) is 6.03. The van der Waals surface area contributed by atoms with E-state index in [0.717, 1.165) is 31.1 Å². The number of anilines is 1. The van der Waals surface area contributed by atoms with E-state index in [4.69, 9.17) is 0 Å². The van der Waals surface area contributed by atoms with Crippen LogP contribution in [0.5, 0.6) is 5.75 Å². The summed E-state index contributed by atoms with van der Waals surface area (Å²) in [7, 11) is 2.07. The summed E-state index contributed by atoms with van der Waals surface area (Å²) < 4.78 is 38.3. The lowest BCUT2D eigenvalue weighted by Crippen LogP contribution is -2.42. The number of hydrogen-bond acceptors (Lipinski definition) is 5. The molecule has 2 bridgehead atoms. The molecule has 34 heavy (non-hydrogen) atoms. The topological polar surface area (TPSA) is 67.1 Å². The Balaban J connectivity index is 1.34. The number of nitrogens with zero attached hydrogens (tertiary/aromatic N) is 5. The van der Waals surface area contributed by atoms with Gasteiger partial charge in [-0.25, -0.2) is 0 Å². The zero-order valence-corrected chi connectivity index (χ0v) is 19.5. The van der Waals surface area contributed by atoms with Crippen molar-refractivity contribution in [2.24, 2.45) is 10.8 Å². The van der Waals surface area contributed by atoms with E-state index in [1.54, 1.807) is 12.1 Å². The largest absolute Gasteiger partial charge is 0.507 e. The van der Waals surface area contributed by atoms with Crippen LogP contribution in [0, 0.1) is 10.8 Å². The summed E-state index contributed by atoms with van der Waals surface area (Å²) in [6.45, 7) is 4.79. The third-order valence-electron chi connectivity index (χ3n) is 7.65. The summed E-state index contributed by atoms with van der Waals surface area (Å²) >= 11 is 0. The number of phenols is 1. The smallest absolute Gasteiger partial charge is 0.504 e. The molecular formula is C25H28F3N5O. The van der Waals surface area contributed by atoms with Gasteiger partial charge in [0.2, 0.25) is 0 Å². The first-order valence-electron chi connectivity index (χ1n) is 11.5. The minimum absolute atomic E-state index is 0.0630. The molecule has 180 valence electrons. The fourth-order valence-electron chi connectivity index (χ4n) is 6.03. The lowest BCUT2D eigenvalue weighted by atomic mass is 9.68. The third kappa shape index (κ3) is 4.12. The van der Waals surface area contributed by atoms with Gasteiger partial charge in [-0.15, -0.1) is 23.4 Å². The molecule has 3 aromatic rings. The first-order valence-corrected chi connectivity index (χ1v) is 11.5. The zero-order valence-electron chi connectivity index (χ0n) is 19.5. The molecule has 0 aliphatic heterocycles. The van der Waals surface area contributed by atoms with E-state index in [1.807, 2.05) is 12.1 Å². The van der Waals surface area contributed by atoms with Crippen LogP contribution >= 0.6 is 0 Å². The van der Waals surface area contributed by atoms with Crippen molar-refractivity contribution in [1.82, 2.24) is 20.0 Å². The molecule has 0 amide bonds. The highest BCUT2D eigenvalue weighted by Crippen LogP contribution is 2.58. The number of aromatic nitrogens is 4. The Bertz CT molecular complexity index is 1190. The first-order chi connectivity index (χ1) is 15.9. The minimum Gasteiger partial charge on any atom is -0.507 e. The van der Waals surface area contributed by atoms with Gasteiger partial charge in [0.1, 0.15) is 5.75 Å². The average molecular weight is 472 g/mol. The van der Waals surface area contributed by atoms with Crippen LogP contribution in [0.3, 0.4) is 0 Å². The Labute approximate surface area is 196 Å². The van der Waals surface area contributed by atoms with Crippen molar-refractivity contribution in [3.63, 3.8) is 0 Å². The lowest BCUT2D eigenvalue weighted by molar-refractivity contribution is -0.212. The summed E-state index contributed by atoms with van der Waals surface area (Å²) in [5, 5.41) is 22.7. The predicted molar refractivity (Wildman–Crippen MR) is 123 cm³/mol. The van der Waals surface area contributed by atoms with E-state index in [-0.39, 0.29) is 16.0 Å². The van der Waals surface area contributed by atoms with Crippen molar-refractivity contribution in [2.75, 3.05) is 11.9 Å². The molecule has 2 aliphatic rings. The van der Waals surface area contributed by atoms with Gasteiger partial charge in [-0.1, -0.05) is 19.9 Å². The van der Waals surface area contributed by atoms with Crippen LogP contribution in [-0.2, 0) is 6.30 Å². The Morgan fingerprint density at radius 3 is 2.29 bits per heavy atom. The number of phenolic OH excluding ortho intramolecular Hbond substituents is 1. The Hall–Kier alpha value is -3.10. The molecule has 3 atom stereocenters. The zero-order chi connectivity index (χ0) is 24.3. The lowest BCUT2D eigenvalue weighted by Gasteiger charge is -2.44. The summed E-state index contributed by atoms with van der Waals surface area (Å²) in [4.78, 5) is 2.22. The molecule has 0 spiro atoms. The molecule has 2 aromatic heterocycles. The molecule has 2 aliphatic carbocycles. The molecule has 1 aromatic carbocycles. The summed E-state index contributed by atoms with van der Waals surface area (Å²) in [6.07, 6.45) is 3.57. The van der Waals surface area contributed by atoms with Crippen molar-refractivity contribution < 1.29 is 18.3 Å². The van der Waals surface area contributed by atoms with Gasteiger partial charge in [0, 0.05) is 30.4 Å². The second-order valence-electron chi connectivity index (χ2n) is 10.6. The molecule has 9 heteroatoms. The quantitative estimate of drug-likeness (QED) is 0.507. The third-order valence-corrected chi connectivity index (χ3v) is 7.65. The van der Waals surface area contributed by atoms with Crippen LogP contribution in [0.4, 0.5) is 19.0 Å². The Morgan fingerprint density at radius 2 is 1.74 bits per heavy atom. The second kappa shape index (κ2) is 7.71. The minimum atomic E-state index is -4.59. The maximum absolute atomic E-state index is 12.8. The van der Waals surface area contributed by atoms with E-state index < -0.39 is 6.30 Å². The molecule has 0 saturated heterocycles. The Morgan fingerprint density at radius 1 is 1.03 bits per heavy atom. The first kappa shape index (κ1) is 22.7. The van der Waals surface area contributed by atoms with Crippen LogP contribution < -0.4 is 4.90 Å². The second-order valence-corrected chi connectivity index (χ2v) is 10.6. The number of fused-ring (bicyclic) bond motifs is 2. The summed E-state index contributed by atoms with van der Waals surface area (Å²) in [5.41, 5.74) is 2.42. The van der Waals surface area contributed by atoms with Gasteiger partial charge >= 0.3 is 6.30 Å². The number of halogens is 3. The van der Waals surface area contributed by atoms with E-state index in [2.05, 4.69) is 41.1 Å². The maximum atomic E-state index is 12.8. The highest BCUT2D eigenvalue weighted by molar-refractivity contribution is 5.74. The van der Waals surface area contributed by atoms with E-state index in [9.17, 15) is 18.3 Å². The molecule has 0 radical (unpaired) electrons. The van der Waals surface area contributed by atoms with E-state index >= 15 is 0 Å². The number of benzene rings is 1. The van der Waals surface area contributed by atoms with Crippen molar-refractivity contribution in [2.45, 2.75) is 58.3 Å². The van der Waals surface area contributed by atoms with E-state index in [0.29, 0.717) is 33.7 Å². The number of alkyl halides is 3. The van der Waals surface area contributed by atoms with Crippen molar-refractivity contribution in [1.29, 1.82) is 0 Å². The van der Waals surface area contributed by atoms with Crippen molar-refractivity contribution in [3.8, 4) is 28.1 Å². The molecule has 2 fully saturated rings. The average Bonchev–Trinajstić information content (AvgIpc) is 3.36. The van der Waals surface area contributed by atoms with Crippen LogP contribution in [0.25, 0.3) is 22.4 Å². The fraction of sp³-hybridized carbons (Fsp3) is 0.480. The monoisotopic (exact) mass is 471 g/mol. The summed E-state index contributed by atoms with van der Waals surface area (Å²) in [5.74, 6) is 0.704. The SMILES string of the molecule is CN(c1ccc(-c2ccc(-c3cnn(C(F)(F)F)c3)cc2O)nn1)[C@H]1C[C@]2(C)CC[C@](C)(C1)C2. The summed E-state index contributed by atoms with van der Waals surface area (Å²) in [6, 6.07) is 8.81. The van der Waals surface area contributed by atoms with Gasteiger partial charge in [-0.2, -0.15) is 9.78 Å². The molecule has 2 heterocycles. The van der Waals surface area contributed by atoms with Gasteiger partial charge < -0.3 is 10.0 Å². The van der Waals surface area contributed by atoms with Crippen LogP contribution in [0.1, 0.15) is 46.0 Å². The Kier molecular flexibility index (Phi) is 5.15. The van der Waals surface area contributed by atoms with E-state index in [1.165, 1.54) is 25.3 Å². The predicted octanol–water partition coefficient (Wildman–Crippen LogP) is 5.98. The molecular weight excluding hydrogens is 443 g/mol.